The summed E-state index contributed by atoms with van der Waals surface area (Å²) in [6.07, 6.45) is -11.2. The van der Waals surface area contributed by atoms with E-state index in [0.717, 1.165) is 0 Å². The van der Waals surface area contributed by atoms with Crippen molar-refractivity contribution in [3.05, 3.63) is 150 Å². The lowest BCUT2D eigenvalue weighted by atomic mass is 10.1. The van der Waals surface area contributed by atoms with E-state index in [1.165, 1.54) is 0 Å². The minimum atomic E-state index is -5.61. The first kappa shape index (κ1) is 35.3. The molecule has 5 aromatic carbocycles. The van der Waals surface area contributed by atoms with Crippen molar-refractivity contribution in [1.29, 1.82) is 5.26 Å². The summed E-state index contributed by atoms with van der Waals surface area (Å²) < 4.78 is 86.4. The van der Waals surface area contributed by atoms with Gasteiger partial charge in [-0.05, 0) is 48.5 Å². The van der Waals surface area contributed by atoms with Gasteiger partial charge in [-0.25, -0.2) is 24.9 Å². The molecular formula is C40H20F6N10. The molecule has 0 radical (unpaired) electrons. The monoisotopic (exact) mass is 754 g/mol. The molecule has 0 bridgehead atoms. The fraction of sp³-hybridized carbons (Fsp3) is 0.0500. The van der Waals surface area contributed by atoms with Gasteiger partial charge < -0.3 is 4.85 Å². The number of hydrogen-bond acceptors (Lipinski definition) is 9. The van der Waals surface area contributed by atoms with Gasteiger partial charge in [0.25, 0.3) is 0 Å². The number of aromatic nitrogens is 6. The molecule has 0 saturated carbocycles. The molecule has 0 amide bonds. The van der Waals surface area contributed by atoms with Crippen molar-refractivity contribution in [1.82, 2.24) is 29.9 Å². The Kier molecular flexibility index (Phi) is 8.58. The van der Waals surface area contributed by atoms with Crippen LogP contribution < -0.4 is 9.80 Å². The average molecular weight is 755 g/mol. The molecule has 0 saturated heterocycles. The maximum Gasteiger partial charge on any atom is 0.435 e. The Morgan fingerprint density at radius 1 is 0.464 bits per heavy atom. The molecule has 16 heteroatoms. The van der Waals surface area contributed by atoms with Crippen LogP contribution in [0.15, 0.2) is 121 Å². The number of nitrogens with zero attached hydrogens (tertiary/aromatic N) is 10. The molecule has 8 rings (SSSR count). The summed E-state index contributed by atoms with van der Waals surface area (Å²) in [6, 6.07) is 37.4. The molecule has 0 fully saturated rings. The van der Waals surface area contributed by atoms with Crippen LogP contribution in [0.1, 0.15) is 17.1 Å². The van der Waals surface area contributed by atoms with Crippen molar-refractivity contribution in [3.8, 4) is 6.07 Å². The van der Waals surface area contributed by atoms with E-state index in [1.54, 1.807) is 137 Å². The zero-order valence-corrected chi connectivity index (χ0v) is 28.3. The third-order valence-electron chi connectivity index (χ3n) is 8.54. The number of hydrogen-bond donors (Lipinski definition) is 0. The van der Waals surface area contributed by atoms with Crippen LogP contribution in [0.25, 0.3) is 37.9 Å². The van der Waals surface area contributed by atoms with E-state index in [-0.39, 0.29) is 22.7 Å². The Labute approximate surface area is 312 Å². The molecular weight excluding hydrogens is 734 g/mol. The molecule has 272 valence electrons. The SMILES string of the molecule is [C-]#[N+]c1nc2c(nc1C#N)c1nc(C(F)(F)F)c(C(F)(F)F)nc1c1nc(N(c3ccccc3)c3ccccc3)c(N(c3ccccc3)c3ccccc3)nc21. The number of nitriles is 1. The fourth-order valence-electron chi connectivity index (χ4n) is 6.21. The van der Waals surface area contributed by atoms with Gasteiger partial charge in [0, 0.05) is 22.7 Å². The molecule has 10 nitrogen and oxygen atoms in total. The molecule has 0 unspecified atom stereocenters. The predicted octanol–water partition coefficient (Wildman–Crippen LogP) is 10.9. The highest BCUT2D eigenvalue weighted by molar-refractivity contribution is 6.19. The van der Waals surface area contributed by atoms with Crippen LogP contribution in [-0.2, 0) is 12.4 Å². The molecule has 0 spiro atoms. The predicted molar refractivity (Wildman–Crippen MR) is 196 cm³/mol. The van der Waals surface area contributed by atoms with Gasteiger partial charge in [-0.15, -0.1) is 4.98 Å². The molecule has 8 aromatic rings. The van der Waals surface area contributed by atoms with Gasteiger partial charge in [0.2, 0.25) is 5.52 Å². The zero-order chi connectivity index (χ0) is 39.2. The van der Waals surface area contributed by atoms with E-state index in [9.17, 15) is 31.6 Å². The van der Waals surface area contributed by atoms with Gasteiger partial charge in [-0.3, -0.25) is 9.80 Å². The standard InChI is InChI=1S/C40H20F6N10/c1-48-36-27(22-47)49-28-29-30(51-35(40(44,45)46)34(50-29)39(41,42)43)32-33(31(28)52-36)54-38(56(25-18-10-4-11-19-25)26-20-12-5-13-21-26)37(53-32)55(23-14-6-2-7-15-23)24-16-8-3-9-17-24/h2-21H. The minimum Gasteiger partial charge on any atom is -0.358 e. The number of benzene rings is 5. The van der Waals surface area contributed by atoms with Gasteiger partial charge in [0.05, 0.1) is 0 Å². The zero-order valence-electron chi connectivity index (χ0n) is 28.3. The highest BCUT2D eigenvalue weighted by Crippen LogP contribution is 2.47. The van der Waals surface area contributed by atoms with E-state index in [4.69, 9.17) is 16.5 Å². The number of rotatable bonds is 6. The Bertz CT molecular complexity index is 2780. The Morgan fingerprint density at radius 3 is 1.07 bits per heavy atom. The van der Waals surface area contributed by atoms with Gasteiger partial charge in [0.15, 0.2) is 28.7 Å². The number of anilines is 6. The van der Waals surface area contributed by atoms with Crippen LogP contribution in [-0.4, -0.2) is 29.9 Å². The summed E-state index contributed by atoms with van der Waals surface area (Å²) >= 11 is 0. The van der Waals surface area contributed by atoms with Gasteiger partial charge in [-0.1, -0.05) is 79.4 Å². The summed E-state index contributed by atoms with van der Waals surface area (Å²) in [5.41, 5.74) is -6.10. The van der Waals surface area contributed by atoms with Crippen LogP contribution in [0.2, 0.25) is 0 Å². The maximum atomic E-state index is 14.5. The van der Waals surface area contributed by atoms with Crippen molar-refractivity contribution in [3.63, 3.8) is 0 Å². The normalized spacial score (nSPS) is 11.7. The van der Waals surface area contributed by atoms with Crippen LogP contribution in [0.5, 0.6) is 0 Å². The highest BCUT2D eigenvalue weighted by atomic mass is 19.4. The second-order valence-corrected chi connectivity index (χ2v) is 12.0. The number of para-hydroxylation sites is 4. The molecule has 0 aliphatic heterocycles. The summed E-state index contributed by atoms with van der Waals surface area (Å²) in [4.78, 5) is 32.2. The molecule has 3 heterocycles. The van der Waals surface area contributed by atoms with E-state index in [1.807, 2.05) is 0 Å². The number of fused-ring (bicyclic) bond motifs is 6. The van der Waals surface area contributed by atoms with Crippen LogP contribution in [0, 0.1) is 17.9 Å². The number of alkyl halides is 6. The first-order valence-corrected chi connectivity index (χ1v) is 16.5. The van der Waals surface area contributed by atoms with E-state index in [2.05, 4.69) is 24.8 Å². The van der Waals surface area contributed by atoms with E-state index in [0.29, 0.717) is 22.7 Å². The summed E-state index contributed by atoms with van der Waals surface area (Å²) in [7, 11) is 0. The van der Waals surface area contributed by atoms with Crippen LogP contribution >= 0.6 is 0 Å². The lowest BCUT2D eigenvalue weighted by Crippen LogP contribution is -2.22. The van der Waals surface area contributed by atoms with Crippen LogP contribution in [0.4, 0.5) is 66.5 Å². The maximum absolute atomic E-state index is 14.5. The van der Waals surface area contributed by atoms with Crippen molar-refractivity contribution in [2.45, 2.75) is 12.4 Å². The third kappa shape index (κ3) is 6.14. The quantitative estimate of drug-likeness (QED) is 0.0930. The first-order valence-electron chi connectivity index (χ1n) is 16.5. The van der Waals surface area contributed by atoms with Crippen molar-refractivity contribution in [2.24, 2.45) is 0 Å². The van der Waals surface area contributed by atoms with E-state index < -0.39 is 57.3 Å². The van der Waals surface area contributed by atoms with Crippen molar-refractivity contribution in [2.75, 3.05) is 9.80 Å². The second kappa shape index (κ2) is 13.6. The molecule has 0 atom stereocenters. The summed E-state index contributed by atoms with van der Waals surface area (Å²) in [5, 5.41) is 9.81. The van der Waals surface area contributed by atoms with Gasteiger partial charge in [-0.2, -0.15) is 31.6 Å². The lowest BCUT2D eigenvalue weighted by Gasteiger charge is -2.31. The Morgan fingerprint density at radius 2 is 0.768 bits per heavy atom. The van der Waals surface area contributed by atoms with Crippen molar-refractivity contribution >= 4 is 73.3 Å². The minimum absolute atomic E-state index is 0.0190. The Hall–Kier alpha value is -7.72. The second-order valence-electron chi connectivity index (χ2n) is 12.0. The first-order chi connectivity index (χ1) is 27.0. The van der Waals surface area contributed by atoms with Crippen molar-refractivity contribution < 1.29 is 26.3 Å². The highest BCUT2D eigenvalue weighted by Gasteiger charge is 2.47. The number of halogens is 6. The summed E-state index contributed by atoms with van der Waals surface area (Å²) in [5.74, 6) is -0.414. The summed E-state index contributed by atoms with van der Waals surface area (Å²) in [6.45, 7) is 7.68. The molecule has 56 heavy (non-hydrogen) atoms. The molecule has 0 N–H and O–H groups in total. The topological polar surface area (TPSA) is 112 Å². The molecule has 0 aliphatic rings. The largest absolute Gasteiger partial charge is 0.435 e. The molecule has 3 aromatic heterocycles. The van der Waals surface area contributed by atoms with Gasteiger partial charge >= 0.3 is 18.2 Å². The lowest BCUT2D eigenvalue weighted by molar-refractivity contribution is -0.167. The van der Waals surface area contributed by atoms with E-state index >= 15 is 0 Å². The van der Waals surface area contributed by atoms with Gasteiger partial charge in [0.1, 0.15) is 33.7 Å². The third-order valence-corrected chi connectivity index (χ3v) is 8.54. The Balaban J connectivity index is 1.63. The molecule has 0 aliphatic carbocycles. The fourth-order valence-corrected chi connectivity index (χ4v) is 6.21. The average Bonchev–Trinajstić information content (AvgIpc) is 3.21. The smallest absolute Gasteiger partial charge is 0.358 e. The van der Waals surface area contributed by atoms with Crippen LogP contribution in [0.3, 0.4) is 0 Å².